The molecule has 0 aromatic heterocycles. The lowest BCUT2D eigenvalue weighted by atomic mass is 9.78. The summed E-state index contributed by atoms with van der Waals surface area (Å²) in [5.41, 5.74) is -1.59. The number of alkyl halides is 4. The summed E-state index contributed by atoms with van der Waals surface area (Å²) >= 11 is 6.37. The van der Waals surface area contributed by atoms with E-state index in [9.17, 15) is 61.1 Å². The van der Waals surface area contributed by atoms with Gasteiger partial charge in [0.05, 0.1) is 18.9 Å². The first-order valence-electron chi connectivity index (χ1n) is 36.5. The van der Waals surface area contributed by atoms with E-state index in [0.29, 0.717) is 45.2 Å². The summed E-state index contributed by atoms with van der Waals surface area (Å²) in [6.45, 7) is 14.1. The van der Waals surface area contributed by atoms with E-state index in [-0.39, 0.29) is 88.5 Å². The smallest absolute Gasteiger partial charge is 0.343 e. The first kappa shape index (κ1) is 81.7. The summed E-state index contributed by atoms with van der Waals surface area (Å²) in [5.74, 6) is -11.0. The van der Waals surface area contributed by atoms with Crippen molar-refractivity contribution in [3.05, 3.63) is 0 Å². The molecule has 3 heterocycles. The molecule has 1 spiro atoms. The largest absolute Gasteiger partial charge is 0.393 e. The maximum absolute atomic E-state index is 15.4. The van der Waals surface area contributed by atoms with E-state index < -0.39 is 173 Å². The molecule has 3 saturated heterocycles. The van der Waals surface area contributed by atoms with E-state index in [1.165, 1.54) is 92.6 Å². The van der Waals surface area contributed by atoms with Crippen molar-refractivity contribution in [2.45, 2.75) is 268 Å². The van der Waals surface area contributed by atoms with Gasteiger partial charge in [-0.05, 0) is 127 Å². The molecule has 6 rings (SSSR count). The molecule has 3 unspecified atom stereocenters. The zero-order chi connectivity index (χ0) is 73.9. The highest BCUT2D eigenvalue weighted by Crippen LogP contribution is 2.44. The van der Waals surface area contributed by atoms with Crippen LogP contribution in [0.1, 0.15) is 197 Å². The quantitative estimate of drug-likeness (QED) is 0.203. The second-order valence-corrected chi connectivity index (χ2v) is 31.0. The molecular weight excluding hydrogens is 1310 g/mol. The van der Waals surface area contributed by atoms with Crippen molar-refractivity contribution in [2.24, 2.45) is 35.5 Å². The van der Waals surface area contributed by atoms with Gasteiger partial charge in [0.15, 0.2) is 0 Å². The van der Waals surface area contributed by atoms with Crippen molar-refractivity contribution in [1.29, 1.82) is 0 Å². The molecule has 0 aromatic carbocycles. The van der Waals surface area contributed by atoms with E-state index in [2.05, 4.69) is 16.0 Å². The number of likely N-dealkylation sites (N-methyl/N-ethyl adjacent to an activating group) is 7. The van der Waals surface area contributed by atoms with Crippen LogP contribution in [-0.2, 0) is 57.5 Å². The Morgan fingerprint density at radius 1 is 0.606 bits per heavy atom. The van der Waals surface area contributed by atoms with Crippen molar-refractivity contribution in [3.8, 4) is 0 Å². The second-order valence-electron chi connectivity index (χ2n) is 30.5. The SMILES string of the molecule is CC[C@H](C)[C@@H]1NC(=O)[C@H](CC(C)C)N(C)C(=O)C[C@@H](C(=O)N2CCCCC2)N(C)C(=O)[C@H](C(C)C)N(C)C(=O)C2(CCCC2)NC(=O)[C@H](C)N(C)C(=O)[C@H](CCC2CCC(C(F)(F)F)C(Cl)C2)NC(=O)CN(C)C(=O)[C@H](CC2CCCCC2)N(C)C(=O)[C@@H]2CCN2C(=O)[C@H](C)N(C)C1=O. The maximum Gasteiger partial charge on any atom is 0.393 e. The summed E-state index contributed by atoms with van der Waals surface area (Å²) in [5, 5.41) is 7.45. The second kappa shape index (κ2) is 35.5. The molecule has 0 radical (unpaired) electrons. The number of nitrogens with one attached hydrogen (secondary N) is 3. The molecule has 6 fully saturated rings. The van der Waals surface area contributed by atoms with Gasteiger partial charge >= 0.3 is 6.18 Å². The molecular formula is C71H116ClF3N12O12. The van der Waals surface area contributed by atoms with E-state index >= 15 is 9.59 Å². The number of carbonyl (C=O) groups is 12. The Labute approximate surface area is 589 Å². The number of amides is 12. The zero-order valence-corrected chi connectivity index (χ0v) is 62.3. The fourth-order valence-electron chi connectivity index (χ4n) is 15.6. The Bertz CT molecular complexity index is 2890. The highest BCUT2D eigenvalue weighted by Gasteiger charge is 2.52. The number of halogens is 4. The standard InChI is InChI=1S/C71H116ClF3N12O12/c1-16-44(6)58-67(97)81(11)46(8)62(92)87-36-31-52(87)65(95)83(13)54(39-47-25-19-17-20-26-47)64(94)79(9)41-56(88)76-51(30-28-48-27-29-49(50(72)38-48)71(73,74)75)63(93)80(10)45(7)60(90)78-70(32-21-22-33-70)69(99)85(15)59(43(4)5)68(98)84(14)55(66(96)86-34-23-18-24-35-86)40-57(89)82(12)53(37-42(2)3)61(91)77-58/h42-55,58-59H,16-41H2,1-15H3,(H,76,88)(H,77,91)(H,78,90)/t44-,45-,46-,48?,49?,50?,51-,52-,53-,54-,55-,58-,59-/m0/s1. The lowest BCUT2D eigenvalue weighted by Crippen LogP contribution is -2.65. The van der Waals surface area contributed by atoms with Crippen molar-refractivity contribution < 1.29 is 70.7 Å². The van der Waals surface area contributed by atoms with E-state index in [0.717, 1.165) is 48.3 Å². The van der Waals surface area contributed by atoms with Crippen LogP contribution in [0.2, 0.25) is 0 Å². The first-order valence-corrected chi connectivity index (χ1v) is 36.9. The van der Waals surface area contributed by atoms with Crippen LogP contribution in [0.4, 0.5) is 13.2 Å². The van der Waals surface area contributed by atoms with Crippen LogP contribution >= 0.6 is 11.6 Å². The normalized spacial score (nSPS) is 30.6. The predicted molar refractivity (Wildman–Crippen MR) is 367 cm³/mol. The van der Waals surface area contributed by atoms with Crippen molar-refractivity contribution in [3.63, 3.8) is 0 Å². The predicted octanol–water partition coefficient (Wildman–Crippen LogP) is 5.95. The third-order valence-corrected chi connectivity index (χ3v) is 23.2. The minimum Gasteiger partial charge on any atom is -0.343 e. The van der Waals surface area contributed by atoms with Crippen molar-refractivity contribution in [1.82, 2.24) is 60.0 Å². The average Bonchev–Trinajstić information content (AvgIpc) is 1.17. The summed E-state index contributed by atoms with van der Waals surface area (Å²) in [7, 11) is 9.96. The Morgan fingerprint density at radius 3 is 1.77 bits per heavy atom. The van der Waals surface area contributed by atoms with Crippen LogP contribution in [0.5, 0.6) is 0 Å². The summed E-state index contributed by atoms with van der Waals surface area (Å²) in [6, 6.07) is -11.1. The van der Waals surface area contributed by atoms with Crippen LogP contribution in [-0.4, -0.2) is 262 Å². The highest BCUT2D eigenvalue weighted by molar-refractivity contribution is 6.21. The third kappa shape index (κ3) is 19.9. The molecule has 13 atom stereocenters. The summed E-state index contributed by atoms with van der Waals surface area (Å²) < 4.78 is 41.9. The Balaban J connectivity index is 1.41. The lowest BCUT2D eigenvalue weighted by molar-refractivity contribution is -0.182. The lowest BCUT2D eigenvalue weighted by Gasteiger charge is -2.45. The first-order chi connectivity index (χ1) is 46.4. The number of fused-ring (bicyclic) bond motifs is 1. The van der Waals surface area contributed by atoms with Crippen LogP contribution in [0, 0.1) is 35.5 Å². The molecule has 99 heavy (non-hydrogen) atoms. The highest BCUT2D eigenvalue weighted by atomic mass is 35.5. The minimum atomic E-state index is -4.51. The van der Waals surface area contributed by atoms with Crippen molar-refractivity contribution >= 4 is 82.5 Å². The van der Waals surface area contributed by atoms with Gasteiger partial charge in [-0.3, -0.25) is 57.5 Å². The fraction of sp³-hybridized carbons (Fsp3) is 0.831. The number of likely N-dealkylation sites (tertiary alicyclic amines) is 1. The molecule has 560 valence electrons. The van der Waals surface area contributed by atoms with E-state index in [1.807, 2.05) is 20.8 Å². The third-order valence-electron chi connectivity index (χ3n) is 22.7. The van der Waals surface area contributed by atoms with Crippen LogP contribution in [0.25, 0.3) is 0 Å². The van der Waals surface area contributed by atoms with E-state index in [1.54, 1.807) is 25.7 Å². The van der Waals surface area contributed by atoms with Crippen LogP contribution in [0.3, 0.4) is 0 Å². The van der Waals surface area contributed by atoms with Crippen LogP contribution < -0.4 is 16.0 Å². The number of hydrogen-bond acceptors (Lipinski definition) is 12. The monoisotopic (exact) mass is 1420 g/mol. The molecule has 0 aromatic rings. The van der Waals surface area contributed by atoms with Crippen molar-refractivity contribution in [2.75, 3.05) is 75.5 Å². The van der Waals surface area contributed by atoms with Gasteiger partial charge in [0.25, 0.3) is 0 Å². The zero-order valence-electron chi connectivity index (χ0n) is 61.6. The number of rotatable bonds is 11. The molecule has 3 aliphatic heterocycles. The van der Waals surface area contributed by atoms with Gasteiger partial charge in [0.2, 0.25) is 70.9 Å². The number of carbonyl (C=O) groups excluding carboxylic acids is 12. The minimum absolute atomic E-state index is 0.0129. The average molecular weight is 1420 g/mol. The van der Waals surface area contributed by atoms with Crippen LogP contribution in [0.15, 0.2) is 0 Å². The Kier molecular flexibility index (Phi) is 29.3. The molecule has 3 saturated carbocycles. The van der Waals surface area contributed by atoms with Gasteiger partial charge in [-0.25, -0.2) is 0 Å². The van der Waals surface area contributed by atoms with Gasteiger partial charge in [0.1, 0.15) is 59.9 Å². The molecule has 3 N–H and O–H groups in total. The molecule has 24 nitrogen and oxygen atoms in total. The van der Waals surface area contributed by atoms with Gasteiger partial charge in [-0.2, -0.15) is 13.2 Å². The van der Waals surface area contributed by atoms with Gasteiger partial charge in [-0.15, -0.1) is 11.6 Å². The Morgan fingerprint density at radius 2 is 1.21 bits per heavy atom. The molecule has 28 heteroatoms. The summed E-state index contributed by atoms with van der Waals surface area (Å²) in [6.07, 6.45) is 3.81. The fourth-order valence-corrected chi connectivity index (χ4v) is 16.1. The number of piperidine rings is 1. The number of hydrogen-bond donors (Lipinski definition) is 3. The van der Waals surface area contributed by atoms with Gasteiger partial charge in [0, 0.05) is 74.3 Å². The topological polar surface area (TPSA) is 270 Å². The molecule has 3 aliphatic carbocycles. The maximum atomic E-state index is 15.4. The van der Waals surface area contributed by atoms with Gasteiger partial charge < -0.3 is 60.0 Å². The van der Waals surface area contributed by atoms with E-state index in [4.69, 9.17) is 11.6 Å². The summed E-state index contributed by atoms with van der Waals surface area (Å²) in [4.78, 5) is 191. The molecule has 6 aliphatic rings. The van der Waals surface area contributed by atoms with Gasteiger partial charge in [-0.1, -0.05) is 92.9 Å². The molecule has 12 amide bonds. The Hall–Kier alpha value is -6.28. The molecule has 0 bridgehead atoms. The number of nitrogens with zero attached hydrogens (tertiary/aromatic N) is 9.